The first-order chi connectivity index (χ1) is 7.16. The van der Waals surface area contributed by atoms with Crippen LogP contribution < -0.4 is 4.72 Å². The maximum atomic E-state index is 10.5. The molecule has 0 aliphatic rings. The van der Waals surface area contributed by atoms with Crippen LogP contribution in [0.1, 0.15) is 0 Å². The van der Waals surface area contributed by atoms with Gasteiger partial charge in [0.15, 0.2) is 11.0 Å². The molecule has 2 rings (SSSR count). The number of rotatable bonds is 2. The normalized spacial score (nSPS) is 12.7. The molecule has 0 amide bonds. The molecule has 1 atom stereocenters. The van der Waals surface area contributed by atoms with Crippen molar-refractivity contribution in [3.05, 3.63) is 29.4 Å². The van der Waals surface area contributed by atoms with E-state index in [0.717, 1.165) is 0 Å². The standard InChI is InChI=1S/C8H6ClN3O2S/c9-7-8(12-15(13)14)11-6-4-2-1-3-5(6)10-7/h1-4H,(H,11,12)(H,13,14). The third-order valence-corrected chi connectivity index (χ3v) is 2.34. The summed E-state index contributed by atoms with van der Waals surface area (Å²) < 4.78 is 21.4. The van der Waals surface area contributed by atoms with Gasteiger partial charge in [0.25, 0.3) is 11.3 Å². The van der Waals surface area contributed by atoms with Gasteiger partial charge in [0.1, 0.15) is 0 Å². The Morgan fingerprint density at radius 2 is 1.87 bits per heavy atom. The Bertz CT molecular complexity index is 534. The molecule has 1 unspecified atom stereocenters. The maximum absolute atomic E-state index is 10.5. The molecule has 78 valence electrons. The van der Waals surface area contributed by atoms with Crippen molar-refractivity contribution in [3.8, 4) is 0 Å². The highest BCUT2D eigenvalue weighted by molar-refractivity contribution is 7.80. The van der Waals surface area contributed by atoms with Crippen molar-refractivity contribution in [1.82, 2.24) is 9.97 Å². The highest BCUT2D eigenvalue weighted by Crippen LogP contribution is 2.20. The van der Waals surface area contributed by atoms with E-state index in [1.54, 1.807) is 18.2 Å². The summed E-state index contributed by atoms with van der Waals surface area (Å²) in [6.45, 7) is 0. The lowest BCUT2D eigenvalue weighted by Crippen LogP contribution is -2.05. The van der Waals surface area contributed by atoms with E-state index < -0.39 is 11.3 Å². The van der Waals surface area contributed by atoms with Crippen molar-refractivity contribution >= 4 is 39.7 Å². The van der Waals surface area contributed by atoms with Gasteiger partial charge in [-0.15, -0.1) is 0 Å². The third kappa shape index (κ3) is 2.23. The second-order valence-corrected chi connectivity index (χ2v) is 3.76. The van der Waals surface area contributed by atoms with Crippen LogP contribution in [0.15, 0.2) is 24.3 Å². The first-order valence-electron chi connectivity index (χ1n) is 3.96. The van der Waals surface area contributed by atoms with Crippen LogP contribution in [0.5, 0.6) is 0 Å². The molecular formula is C8H6ClN3O2S. The van der Waals surface area contributed by atoms with Crippen LogP contribution in [0, 0.1) is 0 Å². The minimum Gasteiger partial charge on any atom is -0.289 e. The van der Waals surface area contributed by atoms with E-state index in [-0.39, 0.29) is 11.0 Å². The summed E-state index contributed by atoms with van der Waals surface area (Å²) in [5.74, 6) is 0.0937. The van der Waals surface area contributed by atoms with Gasteiger partial charge in [0.05, 0.1) is 11.0 Å². The first-order valence-corrected chi connectivity index (χ1v) is 5.45. The average molecular weight is 244 g/mol. The predicted molar refractivity (Wildman–Crippen MR) is 58.9 cm³/mol. The van der Waals surface area contributed by atoms with Crippen molar-refractivity contribution < 1.29 is 8.76 Å². The molecule has 0 aliphatic carbocycles. The molecule has 0 bridgehead atoms. The fraction of sp³-hybridized carbons (Fsp3) is 0. The fourth-order valence-corrected chi connectivity index (χ4v) is 1.67. The molecule has 0 radical (unpaired) electrons. The van der Waals surface area contributed by atoms with Gasteiger partial charge in [-0.05, 0) is 12.1 Å². The van der Waals surface area contributed by atoms with E-state index in [9.17, 15) is 4.21 Å². The Balaban J connectivity index is 2.56. The van der Waals surface area contributed by atoms with Gasteiger partial charge in [0.2, 0.25) is 0 Å². The Morgan fingerprint density at radius 3 is 2.47 bits per heavy atom. The van der Waals surface area contributed by atoms with Crippen molar-refractivity contribution in [2.24, 2.45) is 0 Å². The van der Waals surface area contributed by atoms with Gasteiger partial charge in [-0.3, -0.25) is 9.27 Å². The van der Waals surface area contributed by atoms with E-state index in [0.29, 0.717) is 11.0 Å². The van der Waals surface area contributed by atoms with Crippen LogP contribution in [0.25, 0.3) is 11.0 Å². The maximum Gasteiger partial charge on any atom is 0.260 e. The summed E-state index contributed by atoms with van der Waals surface area (Å²) in [6, 6.07) is 7.10. The molecular weight excluding hydrogens is 238 g/mol. The lowest BCUT2D eigenvalue weighted by atomic mass is 10.3. The minimum absolute atomic E-state index is 0.0658. The molecule has 1 heterocycles. The Hall–Kier alpha value is -1.24. The van der Waals surface area contributed by atoms with Crippen LogP contribution in [0.3, 0.4) is 0 Å². The zero-order valence-electron chi connectivity index (χ0n) is 7.35. The zero-order chi connectivity index (χ0) is 10.8. The molecule has 0 spiro atoms. The SMILES string of the molecule is O=S(O)Nc1nc2ccccc2nc1Cl. The summed E-state index contributed by atoms with van der Waals surface area (Å²) in [5, 5.41) is 0.0658. The zero-order valence-corrected chi connectivity index (χ0v) is 8.92. The summed E-state index contributed by atoms with van der Waals surface area (Å²) in [7, 11) is 0. The summed E-state index contributed by atoms with van der Waals surface area (Å²) in [6.07, 6.45) is 0. The smallest absolute Gasteiger partial charge is 0.260 e. The van der Waals surface area contributed by atoms with Crippen molar-refractivity contribution in [2.45, 2.75) is 0 Å². The number of hydrogen-bond donors (Lipinski definition) is 2. The monoisotopic (exact) mass is 243 g/mol. The molecule has 15 heavy (non-hydrogen) atoms. The highest BCUT2D eigenvalue weighted by Gasteiger charge is 2.07. The number of halogens is 1. The number of nitrogens with one attached hydrogen (secondary N) is 1. The van der Waals surface area contributed by atoms with Gasteiger partial charge in [-0.25, -0.2) is 14.2 Å². The lowest BCUT2D eigenvalue weighted by molar-refractivity contribution is 0.570. The molecule has 0 fully saturated rings. The third-order valence-electron chi connectivity index (χ3n) is 1.71. The van der Waals surface area contributed by atoms with Crippen LogP contribution in [0.2, 0.25) is 5.15 Å². The quantitative estimate of drug-likeness (QED) is 0.789. The Labute approximate surface area is 92.9 Å². The molecule has 1 aromatic carbocycles. The summed E-state index contributed by atoms with van der Waals surface area (Å²) in [4.78, 5) is 8.08. The Morgan fingerprint density at radius 1 is 1.27 bits per heavy atom. The highest BCUT2D eigenvalue weighted by atomic mass is 35.5. The van der Waals surface area contributed by atoms with Gasteiger partial charge < -0.3 is 0 Å². The fourth-order valence-electron chi connectivity index (χ4n) is 1.13. The molecule has 7 heteroatoms. The molecule has 0 aliphatic heterocycles. The number of anilines is 1. The topological polar surface area (TPSA) is 75.1 Å². The molecule has 5 nitrogen and oxygen atoms in total. The molecule has 0 saturated carbocycles. The second-order valence-electron chi connectivity index (χ2n) is 2.70. The number of benzene rings is 1. The largest absolute Gasteiger partial charge is 0.289 e. The molecule has 1 aromatic heterocycles. The van der Waals surface area contributed by atoms with Crippen LogP contribution in [-0.2, 0) is 11.3 Å². The number of aromatic nitrogens is 2. The van der Waals surface area contributed by atoms with E-state index in [1.165, 1.54) is 0 Å². The number of fused-ring (bicyclic) bond motifs is 1. The summed E-state index contributed by atoms with van der Waals surface area (Å²) in [5.41, 5.74) is 1.24. The Kier molecular flexibility index (Phi) is 2.81. The number of nitrogens with zero attached hydrogens (tertiary/aromatic N) is 2. The summed E-state index contributed by atoms with van der Waals surface area (Å²) >= 11 is 3.56. The second kappa shape index (κ2) is 4.09. The number of hydrogen-bond acceptors (Lipinski definition) is 3. The van der Waals surface area contributed by atoms with Crippen molar-refractivity contribution in [3.63, 3.8) is 0 Å². The van der Waals surface area contributed by atoms with Crippen LogP contribution >= 0.6 is 11.6 Å². The van der Waals surface area contributed by atoms with Crippen molar-refractivity contribution in [1.29, 1.82) is 0 Å². The van der Waals surface area contributed by atoms with Gasteiger partial charge in [0, 0.05) is 0 Å². The van der Waals surface area contributed by atoms with Gasteiger partial charge in [-0.2, -0.15) is 0 Å². The average Bonchev–Trinajstić information content (AvgIpc) is 2.18. The van der Waals surface area contributed by atoms with E-state index >= 15 is 0 Å². The van der Waals surface area contributed by atoms with Crippen molar-refractivity contribution in [2.75, 3.05) is 4.72 Å². The van der Waals surface area contributed by atoms with Gasteiger partial charge in [-0.1, -0.05) is 23.7 Å². The number of para-hydroxylation sites is 2. The first kappa shape index (κ1) is 10.3. The van der Waals surface area contributed by atoms with Crippen LogP contribution in [-0.4, -0.2) is 18.7 Å². The van der Waals surface area contributed by atoms with Crippen LogP contribution in [0.4, 0.5) is 5.82 Å². The van der Waals surface area contributed by atoms with Gasteiger partial charge >= 0.3 is 0 Å². The van der Waals surface area contributed by atoms with E-state index in [2.05, 4.69) is 14.7 Å². The minimum atomic E-state index is -2.21. The van der Waals surface area contributed by atoms with E-state index in [4.69, 9.17) is 16.2 Å². The molecule has 0 saturated heterocycles. The molecule has 2 N–H and O–H groups in total. The van der Waals surface area contributed by atoms with E-state index in [1.807, 2.05) is 6.07 Å². The lowest BCUT2D eigenvalue weighted by Gasteiger charge is -2.03. The predicted octanol–water partition coefficient (Wildman–Crippen LogP) is 1.83. The molecule has 2 aromatic rings.